The molecule has 0 bridgehead atoms. The molecule has 132 valence electrons. The van der Waals surface area contributed by atoms with Gasteiger partial charge in [0.05, 0.1) is 13.2 Å². The van der Waals surface area contributed by atoms with Gasteiger partial charge in [0.1, 0.15) is 0 Å². The molecule has 4 nitrogen and oxygen atoms in total. The molecule has 2 N–H and O–H groups in total. The molecule has 0 fully saturated rings. The van der Waals surface area contributed by atoms with Gasteiger partial charge in [0.25, 0.3) is 0 Å². The number of thioether (sulfide) groups is 3. The lowest BCUT2D eigenvalue weighted by molar-refractivity contribution is -0.111. The van der Waals surface area contributed by atoms with Crippen molar-refractivity contribution in [2.75, 3.05) is 37.2 Å². The first-order valence-corrected chi connectivity index (χ1v) is 10.8. The smallest absolute Gasteiger partial charge is 0.211 e. The Morgan fingerprint density at radius 1 is 1.14 bits per heavy atom. The Labute approximate surface area is 152 Å². The summed E-state index contributed by atoms with van der Waals surface area (Å²) in [5.74, 6) is 1.02. The highest BCUT2D eigenvalue weighted by atomic mass is 32.2. The first-order chi connectivity index (χ1) is 10.5. The summed E-state index contributed by atoms with van der Waals surface area (Å²) in [6.07, 6.45) is 7.47. The summed E-state index contributed by atoms with van der Waals surface area (Å²) in [4.78, 5) is 21.6. The summed E-state index contributed by atoms with van der Waals surface area (Å²) in [7, 11) is 0. The van der Waals surface area contributed by atoms with Crippen molar-refractivity contribution in [3.8, 4) is 0 Å². The van der Waals surface area contributed by atoms with Crippen LogP contribution < -0.4 is 0 Å². The fourth-order valence-electron chi connectivity index (χ4n) is 0.867. The van der Waals surface area contributed by atoms with Crippen molar-refractivity contribution >= 4 is 58.1 Å². The second kappa shape index (κ2) is 23.7. The molecule has 0 saturated carbocycles. The van der Waals surface area contributed by atoms with Gasteiger partial charge in [-0.05, 0) is 25.5 Å². The molecule has 0 radical (unpaired) electrons. The van der Waals surface area contributed by atoms with Gasteiger partial charge < -0.3 is 10.2 Å². The highest BCUT2D eigenvalue weighted by Gasteiger charge is 2.07. The van der Waals surface area contributed by atoms with E-state index in [0.29, 0.717) is 23.2 Å². The maximum absolute atomic E-state index is 11.0. The third kappa shape index (κ3) is 25.4. The topological polar surface area (TPSA) is 74.6 Å². The number of carbonyl (C=O) groups is 2. The standard InChI is InChI=1S/C7H14O2S2.C6H10O2S.CH4S/c1-6(10-2)5-7(9)11-4-3-8;1-2-3-6(8)9-5-4-7;1-2/h6,8H,3-5H2,1-2H3;2-3,7H,4-5H2,1H3;2H,1H3/b;3-2+;. The van der Waals surface area contributed by atoms with Crippen LogP contribution in [0.25, 0.3) is 0 Å². The van der Waals surface area contributed by atoms with E-state index in [1.54, 1.807) is 31.0 Å². The van der Waals surface area contributed by atoms with Crippen LogP contribution in [0, 0.1) is 0 Å². The molecule has 0 aliphatic heterocycles. The highest BCUT2D eigenvalue weighted by molar-refractivity contribution is 8.14. The number of aliphatic hydroxyl groups excluding tert-OH is 2. The van der Waals surface area contributed by atoms with Crippen LogP contribution in [0.3, 0.4) is 0 Å². The molecule has 0 aliphatic carbocycles. The predicted molar refractivity (Wildman–Crippen MR) is 106 cm³/mol. The Bertz CT molecular complexity index is 286. The molecule has 0 amide bonds. The van der Waals surface area contributed by atoms with Crippen LogP contribution in [0.1, 0.15) is 20.3 Å². The zero-order valence-corrected chi connectivity index (χ0v) is 17.0. The molecule has 1 atom stereocenters. The monoisotopic (exact) mass is 388 g/mol. The van der Waals surface area contributed by atoms with Gasteiger partial charge >= 0.3 is 0 Å². The van der Waals surface area contributed by atoms with Crippen LogP contribution in [0.4, 0.5) is 0 Å². The maximum Gasteiger partial charge on any atom is 0.211 e. The number of aliphatic hydroxyl groups is 2. The van der Waals surface area contributed by atoms with Gasteiger partial charge in [0.15, 0.2) is 5.12 Å². The summed E-state index contributed by atoms with van der Waals surface area (Å²) >= 11 is 7.56. The molecule has 0 aliphatic rings. The van der Waals surface area contributed by atoms with Crippen molar-refractivity contribution in [3.63, 3.8) is 0 Å². The van der Waals surface area contributed by atoms with Gasteiger partial charge in [-0.15, -0.1) is 0 Å². The summed E-state index contributed by atoms with van der Waals surface area (Å²) in [6.45, 7) is 3.97. The molecule has 8 heteroatoms. The molecule has 22 heavy (non-hydrogen) atoms. The number of thiol groups is 1. The number of allylic oxidation sites excluding steroid dienone is 1. The molecule has 1 unspecified atom stereocenters. The fourth-order valence-corrected chi connectivity index (χ4v) is 2.50. The summed E-state index contributed by atoms with van der Waals surface area (Å²) < 4.78 is 0. The highest BCUT2D eigenvalue weighted by Crippen LogP contribution is 2.14. The lowest BCUT2D eigenvalue weighted by Crippen LogP contribution is -2.04. The van der Waals surface area contributed by atoms with Gasteiger partial charge in [-0.2, -0.15) is 24.4 Å². The zero-order valence-electron chi connectivity index (χ0n) is 13.7. The van der Waals surface area contributed by atoms with Crippen LogP contribution in [0.15, 0.2) is 12.2 Å². The zero-order chi connectivity index (χ0) is 17.8. The van der Waals surface area contributed by atoms with Gasteiger partial charge in [-0.3, -0.25) is 9.59 Å². The molecular weight excluding hydrogens is 360 g/mol. The van der Waals surface area contributed by atoms with Crippen LogP contribution in [-0.4, -0.2) is 62.9 Å². The van der Waals surface area contributed by atoms with Gasteiger partial charge in [-0.25, -0.2) is 0 Å². The summed E-state index contributed by atoms with van der Waals surface area (Å²) in [5, 5.41) is 17.3. The van der Waals surface area contributed by atoms with Gasteiger partial charge in [0, 0.05) is 23.2 Å². The molecule has 0 rings (SSSR count). The van der Waals surface area contributed by atoms with Crippen LogP contribution >= 0.6 is 47.9 Å². The van der Waals surface area contributed by atoms with Crippen molar-refractivity contribution in [2.45, 2.75) is 25.5 Å². The normalized spacial score (nSPS) is 11.0. The third-order valence-electron chi connectivity index (χ3n) is 1.85. The number of rotatable bonds is 8. The van der Waals surface area contributed by atoms with Crippen LogP contribution in [0.5, 0.6) is 0 Å². The van der Waals surface area contributed by atoms with Crippen LogP contribution in [-0.2, 0) is 9.59 Å². The van der Waals surface area contributed by atoms with E-state index in [2.05, 4.69) is 12.6 Å². The Balaban J connectivity index is -0.000000299. The molecule has 0 heterocycles. The SMILES string of the molecule is C/C=C/C(=O)SCCO.CS.CSC(C)CC(=O)SCCO. The van der Waals surface area contributed by atoms with E-state index in [1.165, 1.54) is 17.8 Å². The largest absolute Gasteiger partial charge is 0.396 e. The Morgan fingerprint density at radius 3 is 2.05 bits per heavy atom. The van der Waals surface area contributed by atoms with Crippen molar-refractivity contribution < 1.29 is 19.8 Å². The molecule has 0 aromatic heterocycles. The van der Waals surface area contributed by atoms with E-state index in [0.717, 1.165) is 11.8 Å². The minimum absolute atomic E-state index is 0.00606. The van der Waals surface area contributed by atoms with Crippen molar-refractivity contribution in [1.29, 1.82) is 0 Å². The average Bonchev–Trinajstić information content (AvgIpc) is 2.53. The minimum atomic E-state index is 0.00606. The van der Waals surface area contributed by atoms with Crippen molar-refractivity contribution in [1.82, 2.24) is 0 Å². The summed E-state index contributed by atoms with van der Waals surface area (Å²) in [6, 6.07) is 0. The van der Waals surface area contributed by atoms with E-state index in [1.807, 2.05) is 13.2 Å². The second-order valence-electron chi connectivity index (χ2n) is 3.59. The lowest BCUT2D eigenvalue weighted by atomic mass is 10.4. The van der Waals surface area contributed by atoms with E-state index in [9.17, 15) is 9.59 Å². The quantitative estimate of drug-likeness (QED) is 0.436. The molecular formula is C14H28O4S4. The minimum Gasteiger partial charge on any atom is -0.396 e. The number of carbonyl (C=O) groups excluding carboxylic acids is 2. The maximum atomic E-state index is 11.0. The summed E-state index contributed by atoms with van der Waals surface area (Å²) in [5.41, 5.74) is 0. The Kier molecular flexibility index (Phi) is 29.3. The fraction of sp³-hybridized carbons (Fsp3) is 0.714. The van der Waals surface area contributed by atoms with E-state index < -0.39 is 0 Å². The van der Waals surface area contributed by atoms with E-state index in [4.69, 9.17) is 10.2 Å². The van der Waals surface area contributed by atoms with Gasteiger partial charge in [-0.1, -0.05) is 36.5 Å². The molecule has 0 aromatic carbocycles. The molecule has 0 saturated heterocycles. The molecule has 0 aromatic rings. The van der Waals surface area contributed by atoms with Crippen LogP contribution in [0.2, 0.25) is 0 Å². The number of hydrogen-bond acceptors (Lipinski definition) is 8. The van der Waals surface area contributed by atoms with Gasteiger partial charge in [0.2, 0.25) is 5.12 Å². The Hall–Kier alpha value is 0.400. The van der Waals surface area contributed by atoms with E-state index >= 15 is 0 Å². The first kappa shape index (κ1) is 27.3. The third-order valence-corrected chi connectivity index (χ3v) is 4.50. The van der Waals surface area contributed by atoms with E-state index in [-0.39, 0.29) is 23.4 Å². The second-order valence-corrected chi connectivity index (χ2v) is 7.11. The number of hydrogen-bond donors (Lipinski definition) is 3. The predicted octanol–water partition coefficient (Wildman–Crippen LogP) is 2.74. The van der Waals surface area contributed by atoms with Crippen molar-refractivity contribution in [2.24, 2.45) is 0 Å². The first-order valence-electron chi connectivity index (χ1n) is 6.66. The lowest BCUT2D eigenvalue weighted by Gasteiger charge is -2.04. The Morgan fingerprint density at radius 2 is 1.64 bits per heavy atom. The average molecular weight is 389 g/mol. The molecule has 0 spiro atoms. The van der Waals surface area contributed by atoms with Crippen molar-refractivity contribution in [3.05, 3.63) is 12.2 Å².